The van der Waals surface area contributed by atoms with Crippen LogP contribution in [0.15, 0.2) is 0 Å². The summed E-state index contributed by atoms with van der Waals surface area (Å²) in [4.78, 5) is 0. The summed E-state index contributed by atoms with van der Waals surface area (Å²) >= 11 is 5.95. The van der Waals surface area contributed by atoms with Gasteiger partial charge in [0.15, 0.2) is 0 Å². The summed E-state index contributed by atoms with van der Waals surface area (Å²) in [5.74, 6) is 1.93. The van der Waals surface area contributed by atoms with E-state index in [4.69, 9.17) is 11.6 Å². The molecule has 2 heteroatoms. The smallest absolute Gasteiger partial charge is 0.108 e. The molecule has 4 aliphatic rings. The van der Waals surface area contributed by atoms with E-state index in [1.165, 1.54) is 0 Å². The standard InChI is InChI=1S/C7H8ClF/c8-6-3-1-2-4(6)5(2)7(3)9/h2-7H,1H2. The average molecular weight is 147 g/mol. The Hall–Kier alpha value is 0.220. The van der Waals surface area contributed by atoms with Gasteiger partial charge in [-0.25, -0.2) is 4.39 Å². The molecule has 0 N–H and O–H groups in total. The van der Waals surface area contributed by atoms with E-state index in [1.54, 1.807) is 0 Å². The molecular formula is C7H8ClF. The minimum Gasteiger partial charge on any atom is -0.247 e. The Bertz CT molecular complexity index is 150. The SMILES string of the molecule is FC1C2CC3C1C3C2Cl. The molecule has 0 saturated heterocycles. The van der Waals surface area contributed by atoms with E-state index in [0.717, 1.165) is 6.42 Å². The van der Waals surface area contributed by atoms with Crippen molar-refractivity contribution in [3.05, 3.63) is 0 Å². The van der Waals surface area contributed by atoms with Crippen LogP contribution in [0.25, 0.3) is 0 Å². The zero-order chi connectivity index (χ0) is 6.17. The van der Waals surface area contributed by atoms with Gasteiger partial charge in [-0.1, -0.05) is 0 Å². The fraction of sp³-hybridized carbons (Fsp3) is 1.00. The van der Waals surface area contributed by atoms with Crippen molar-refractivity contribution in [2.24, 2.45) is 23.7 Å². The van der Waals surface area contributed by atoms with Gasteiger partial charge in [0, 0.05) is 11.3 Å². The highest BCUT2D eigenvalue weighted by molar-refractivity contribution is 6.21. The quantitative estimate of drug-likeness (QED) is 0.458. The van der Waals surface area contributed by atoms with Crippen LogP contribution in [0.1, 0.15) is 6.42 Å². The molecule has 0 radical (unpaired) electrons. The largest absolute Gasteiger partial charge is 0.247 e. The van der Waals surface area contributed by atoms with Gasteiger partial charge in [-0.3, -0.25) is 0 Å². The molecule has 0 aromatic carbocycles. The molecule has 6 unspecified atom stereocenters. The van der Waals surface area contributed by atoms with Crippen molar-refractivity contribution < 1.29 is 4.39 Å². The van der Waals surface area contributed by atoms with E-state index in [-0.39, 0.29) is 11.3 Å². The summed E-state index contributed by atoms with van der Waals surface area (Å²) in [7, 11) is 0. The molecule has 0 amide bonds. The first-order valence-corrected chi connectivity index (χ1v) is 4.02. The molecule has 4 rings (SSSR count). The van der Waals surface area contributed by atoms with Gasteiger partial charge in [-0.05, 0) is 24.2 Å². The zero-order valence-electron chi connectivity index (χ0n) is 4.93. The lowest BCUT2D eigenvalue weighted by molar-refractivity contribution is 0.272. The minimum atomic E-state index is -0.525. The molecule has 4 bridgehead atoms. The van der Waals surface area contributed by atoms with Gasteiger partial charge in [0.05, 0.1) is 0 Å². The first kappa shape index (κ1) is 4.95. The maximum Gasteiger partial charge on any atom is 0.108 e. The molecule has 0 heterocycles. The fourth-order valence-electron chi connectivity index (χ4n) is 2.96. The lowest BCUT2D eigenvalue weighted by Gasteiger charge is -2.06. The van der Waals surface area contributed by atoms with Crippen LogP contribution in [-0.2, 0) is 0 Å². The van der Waals surface area contributed by atoms with Crippen molar-refractivity contribution in [2.45, 2.75) is 18.0 Å². The normalized spacial score (nSPS) is 75.3. The van der Waals surface area contributed by atoms with Gasteiger partial charge in [-0.15, -0.1) is 11.6 Å². The molecule has 4 aliphatic carbocycles. The van der Waals surface area contributed by atoms with E-state index in [0.29, 0.717) is 17.8 Å². The maximum atomic E-state index is 13.0. The Morgan fingerprint density at radius 1 is 1.22 bits per heavy atom. The maximum absolute atomic E-state index is 13.0. The second kappa shape index (κ2) is 1.16. The summed E-state index contributed by atoms with van der Waals surface area (Å²) in [5, 5.41) is 0.204. The van der Waals surface area contributed by atoms with Crippen LogP contribution in [0.5, 0.6) is 0 Å². The van der Waals surface area contributed by atoms with E-state index >= 15 is 0 Å². The molecule has 0 spiro atoms. The molecule has 6 atom stereocenters. The lowest BCUT2D eigenvalue weighted by atomic mass is 10.1. The van der Waals surface area contributed by atoms with Crippen molar-refractivity contribution >= 4 is 11.6 Å². The molecule has 0 aliphatic heterocycles. The van der Waals surface area contributed by atoms with E-state index in [9.17, 15) is 4.39 Å². The summed E-state index contributed by atoms with van der Waals surface area (Å²) in [6.07, 6.45) is 0.562. The van der Waals surface area contributed by atoms with Gasteiger partial charge in [0.25, 0.3) is 0 Å². The Morgan fingerprint density at radius 2 is 2.00 bits per heavy atom. The molecule has 0 aromatic rings. The van der Waals surface area contributed by atoms with Crippen LogP contribution in [-0.4, -0.2) is 11.5 Å². The summed E-state index contributed by atoms with van der Waals surface area (Å²) < 4.78 is 13.0. The van der Waals surface area contributed by atoms with Crippen LogP contribution < -0.4 is 0 Å². The predicted molar refractivity (Wildman–Crippen MR) is 33.1 cm³/mol. The Kier molecular flexibility index (Phi) is 0.638. The van der Waals surface area contributed by atoms with Crippen molar-refractivity contribution in [1.82, 2.24) is 0 Å². The molecule has 0 aromatic heterocycles. The Labute approximate surface area is 58.4 Å². The molecule has 0 nitrogen and oxygen atoms in total. The van der Waals surface area contributed by atoms with Gasteiger partial charge in [0.1, 0.15) is 6.17 Å². The molecule has 4 saturated carbocycles. The summed E-state index contributed by atoms with van der Waals surface area (Å²) in [6.45, 7) is 0. The lowest BCUT2D eigenvalue weighted by Crippen LogP contribution is -2.11. The van der Waals surface area contributed by atoms with Crippen LogP contribution in [0.3, 0.4) is 0 Å². The Balaban J connectivity index is 2.07. The highest BCUT2D eigenvalue weighted by Crippen LogP contribution is 2.72. The summed E-state index contributed by atoms with van der Waals surface area (Å²) in [6, 6.07) is 0. The van der Waals surface area contributed by atoms with E-state index < -0.39 is 6.17 Å². The topological polar surface area (TPSA) is 0 Å². The predicted octanol–water partition coefficient (Wildman–Crippen LogP) is 1.83. The van der Waals surface area contributed by atoms with Gasteiger partial charge >= 0.3 is 0 Å². The van der Waals surface area contributed by atoms with Crippen molar-refractivity contribution in [1.29, 1.82) is 0 Å². The van der Waals surface area contributed by atoms with Gasteiger partial charge in [0.2, 0.25) is 0 Å². The molecule has 9 heavy (non-hydrogen) atoms. The number of alkyl halides is 2. The highest BCUT2D eigenvalue weighted by Gasteiger charge is 2.73. The number of hydrogen-bond acceptors (Lipinski definition) is 0. The van der Waals surface area contributed by atoms with Crippen molar-refractivity contribution in [3.63, 3.8) is 0 Å². The van der Waals surface area contributed by atoms with Gasteiger partial charge in [-0.2, -0.15) is 0 Å². The van der Waals surface area contributed by atoms with Crippen LogP contribution in [0, 0.1) is 23.7 Å². The summed E-state index contributed by atoms with van der Waals surface area (Å²) in [5.41, 5.74) is 0. The Morgan fingerprint density at radius 3 is 2.11 bits per heavy atom. The van der Waals surface area contributed by atoms with Crippen LogP contribution >= 0.6 is 11.6 Å². The van der Waals surface area contributed by atoms with Crippen LogP contribution in [0.2, 0.25) is 0 Å². The minimum absolute atomic E-state index is 0.204. The molecular weight excluding hydrogens is 139 g/mol. The third-order valence-electron chi connectivity index (χ3n) is 3.39. The van der Waals surface area contributed by atoms with Gasteiger partial charge < -0.3 is 0 Å². The first-order chi connectivity index (χ1) is 4.30. The van der Waals surface area contributed by atoms with E-state index in [1.807, 2.05) is 0 Å². The van der Waals surface area contributed by atoms with Crippen molar-refractivity contribution in [2.75, 3.05) is 0 Å². The third kappa shape index (κ3) is 0.348. The van der Waals surface area contributed by atoms with E-state index in [2.05, 4.69) is 0 Å². The number of hydrogen-bond donors (Lipinski definition) is 0. The van der Waals surface area contributed by atoms with Crippen molar-refractivity contribution in [3.8, 4) is 0 Å². The molecule has 4 fully saturated rings. The van der Waals surface area contributed by atoms with Crippen LogP contribution in [0.4, 0.5) is 4.39 Å². The second-order valence-corrected chi connectivity index (χ2v) is 4.11. The number of halogens is 2. The zero-order valence-corrected chi connectivity index (χ0v) is 5.68. The third-order valence-corrected chi connectivity index (χ3v) is 4.00. The second-order valence-electron chi connectivity index (χ2n) is 3.61. The average Bonchev–Trinajstić information content (AvgIpc) is 2.18. The molecule has 50 valence electrons. The fourth-order valence-corrected chi connectivity index (χ4v) is 3.56. The first-order valence-electron chi connectivity index (χ1n) is 3.59. The monoisotopic (exact) mass is 146 g/mol. The number of rotatable bonds is 0. The highest BCUT2D eigenvalue weighted by atomic mass is 35.5.